The summed E-state index contributed by atoms with van der Waals surface area (Å²) < 4.78 is 27.0. The molecule has 0 aliphatic rings. The van der Waals surface area contributed by atoms with Gasteiger partial charge in [0.15, 0.2) is 0 Å². The fourth-order valence-electron chi connectivity index (χ4n) is 1.72. The molecule has 0 aliphatic carbocycles. The van der Waals surface area contributed by atoms with Crippen LogP contribution >= 0.6 is 0 Å². The first-order valence-corrected chi connectivity index (χ1v) is 7.38. The zero-order valence-electron chi connectivity index (χ0n) is 10.7. The first-order valence-electron chi connectivity index (χ1n) is 5.90. The van der Waals surface area contributed by atoms with Crippen LogP contribution in [0, 0.1) is 0 Å². The van der Waals surface area contributed by atoms with Crippen molar-refractivity contribution in [1.82, 2.24) is 4.72 Å². The van der Waals surface area contributed by atoms with Gasteiger partial charge in [0.2, 0.25) is 10.0 Å². The highest BCUT2D eigenvalue weighted by atomic mass is 32.2. The Bertz CT molecular complexity index is 488. The van der Waals surface area contributed by atoms with Crippen molar-refractivity contribution in [2.75, 3.05) is 12.3 Å². The number of aliphatic hydroxyl groups is 1. The highest BCUT2D eigenvalue weighted by Gasteiger charge is 2.32. The zero-order valence-corrected chi connectivity index (χ0v) is 11.5. The van der Waals surface area contributed by atoms with E-state index in [0.717, 1.165) is 0 Å². The van der Waals surface area contributed by atoms with Crippen molar-refractivity contribution >= 4 is 15.7 Å². The molecule has 102 valence electrons. The molecule has 1 aromatic rings. The highest BCUT2D eigenvalue weighted by molar-refractivity contribution is 7.89. The lowest BCUT2D eigenvalue weighted by Gasteiger charge is -2.30. The highest BCUT2D eigenvalue weighted by Crippen LogP contribution is 2.22. The van der Waals surface area contributed by atoms with Crippen molar-refractivity contribution in [3.8, 4) is 0 Å². The van der Waals surface area contributed by atoms with E-state index in [-0.39, 0.29) is 17.2 Å². The van der Waals surface area contributed by atoms with E-state index in [1.54, 1.807) is 12.1 Å². The van der Waals surface area contributed by atoms with Crippen molar-refractivity contribution < 1.29 is 13.5 Å². The molecule has 0 radical (unpaired) electrons. The molecule has 6 heteroatoms. The van der Waals surface area contributed by atoms with Crippen molar-refractivity contribution in [2.45, 2.75) is 37.1 Å². The van der Waals surface area contributed by atoms with E-state index in [9.17, 15) is 13.5 Å². The van der Waals surface area contributed by atoms with Gasteiger partial charge in [-0.2, -0.15) is 0 Å². The van der Waals surface area contributed by atoms with Crippen molar-refractivity contribution in [3.05, 3.63) is 24.3 Å². The lowest BCUT2D eigenvalue weighted by molar-refractivity contribution is 0.172. The van der Waals surface area contributed by atoms with Crippen LogP contribution in [0.1, 0.15) is 26.7 Å². The number of rotatable bonds is 6. The Hall–Kier alpha value is -1.11. The Morgan fingerprint density at radius 1 is 1.28 bits per heavy atom. The van der Waals surface area contributed by atoms with Crippen molar-refractivity contribution in [2.24, 2.45) is 0 Å². The van der Waals surface area contributed by atoms with Gasteiger partial charge in [-0.05, 0) is 25.0 Å². The number of benzene rings is 1. The Morgan fingerprint density at radius 2 is 1.83 bits per heavy atom. The van der Waals surface area contributed by atoms with Gasteiger partial charge in [0.05, 0.1) is 17.8 Å². The number of nitrogens with one attached hydrogen (secondary N) is 1. The Kier molecular flexibility index (Phi) is 4.72. The van der Waals surface area contributed by atoms with Crippen molar-refractivity contribution in [3.63, 3.8) is 0 Å². The molecule has 18 heavy (non-hydrogen) atoms. The summed E-state index contributed by atoms with van der Waals surface area (Å²) in [6.07, 6.45) is 1.01. The van der Waals surface area contributed by atoms with Gasteiger partial charge in [0.25, 0.3) is 0 Å². The molecule has 0 saturated heterocycles. The smallest absolute Gasteiger partial charge is 0.243 e. The van der Waals surface area contributed by atoms with Crippen molar-refractivity contribution in [1.29, 1.82) is 0 Å². The molecule has 0 bridgehead atoms. The first kappa shape index (κ1) is 14.9. The Balaban J connectivity index is 3.13. The summed E-state index contributed by atoms with van der Waals surface area (Å²) in [6.45, 7) is 3.42. The van der Waals surface area contributed by atoms with E-state index in [4.69, 9.17) is 5.73 Å². The van der Waals surface area contributed by atoms with Gasteiger partial charge in [-0.25, -0.2) is 13.1 Å². The maximum Gasteiger partial charge on any atom is 0.243 e. The normalized spacial score (nSPS) is 12.6. The minimum atomic E-state index is -3.72. The van der Waals surface area contributed by atoms with Crippen LogP contribution in [-0.4, -0.2) is 25.7 Å². The first-order chi connectivity index (χ1) is 8.40. The third kappa shape index (κ3) is 3.01. The van der Waals surface area contributed by atoms with Crippen LogP contribution in [0.15, 0.2) is 29.2 Å². The van der Waals surface area contributed by atoms with Crippen LogP contribution in [0.4, 0.5) is 5.69 Å². The van der Waals surface area contributed by atoms with Crippen LogP contribution in [0.5, 0.6) is 0 Å². The summed E-state index contributed by atoms with van der Waals surface area (Å²) in [5.74, 6) is 0. The molecule has 0 aromatic heterocycles. The molecule has 0 fully saturated rings. The van der Waals surface area contributed by atoms with Gasteiger partial charge in [0, 0.05) is 0 Å². The van der Waals surface area contributed by atoms with E-state index in [2.05, 4.69) is 4.72 Å². The standard InChI is InChI=1S/C12H20N2O3S/c1-3-12(4-2,9-15)14-18(16,17)11-8-6-5-7-10(11)13/h5-8,14-15H,3-4,9,13H2,1-2H3. The average Bonchev–Trinajstić information content (AvgIpc) is 2.36. The summed E-state index contributed by atoms with van der Waals surface area (Å²) in [5, 5.41) is 9.40. The fourth-order valence-corrected chi connectivity index (χ4v) is 3.38. The van der Waals surface area contributed by atoms with Gasteiger partial charge >= 0.3 is 0 Å². The van der Waals surface area contributed by atoms with Gasteiger partial charge in [-0.1, -0.05) is 26.0 Å². The number of hydrogen-bond acceptors (Lipinski definition) is 4. The second-order valence-corrected chi connectivity index (χ2v) is 5.94. The third-order valence-electron chi connectivity index (χ3n) is 3.22. The molecule has 4 N–H and O–H groups in total. The van der Waals surface area contributed by atoms with E-state index in [1.807, 2.05) is 13.8 Å². The van der Waals surface area contributed by atoms with E-state index in [1.165, 1.54) is 12.1 Å². The number of nitrogen functional groups attached to an aromatic ring is 1. The van der Waals surface area contributed by atoms with E-state index < -0.39 is 15.6 Å². The van der Waals surface area contributed by atoms with Gasteiger partial charge in [-0.3, -0.25) is 0 Å². The lowest BCUT2D eigenvalue weighted by atomic mass is 9.96. The largest absolute Gasteiger partial charge is 0.398 e. The molecule has 0 spiro atoms. The maximum absolute atomic E-state index is 12.2. The molecule has 0 aliphatic heterocycles. The van der Waals surface area contributed by atoms with E-state index in [0.29, 0.717) is 12.8 Å². The SMILES string of the molecule is CCC(CC)(CO)NS(=O)(=O)c1ccccc1N. The predicted molar refractivity (Wildman–Crippen MR) is 71.6 cm³/mol. The van der Waals surface area contributed by atoms with Crippen LogP contribution in [0.2, 0.25) is 0 Å². The molecule has 1 rings (SSSR count). The molecule has 0 saturated carbocycles. The Labute approximate surface area is 108 Å². The fraction of sp³-hybridized carbons (Fsp3) is 0.500. The third-order valence-corrected chi connectivity index (χ3v) is 4.87. The monoisotopic (exact) mass is 272 g/mol. The van der Waals surface area contributed by atoms with Gasteiger partial charge < -0.3 is 10.8 Å². The second-order valence-electron chi connectivity index (χ2n) is 4.29. The summed E-state index contributed by atoms with van der Waals surface area (Å²) in [7, 11) is -3.72. The zero-order chi connectivity index (χ0) is 13.8. The van der Waals surface area contributed by atoms with Crippen LogP contribution in [0.3, 0.4) is 0 Å². The summed E-state index contributed by atoms with van der Waals surface area (Å²) in [5.41, 5.74) is 5.03. The molecular formula is C12H20N2O3S. The average molecular weight is 272 g/mol. The molecule has 0 amide bonds. The molecular weight excluding hydrogens is 252 g/mol. The quantitative estimate of drug-likeness (QED) is 0.676. The van der Waals surface area contributed by atoms with Gasteiger partial charge in [-0.15, -0.1) is 0 Å². The topological polar surface area (TPSA) is 92.4 Å². The molecule has 0 heterocycles. The lowest BCUT2D eigenvalue weighted by Crippen LogP contribution is -2.50. The summed E-state index contributed by atoms with van der Waals surface area (Å²) in [4.78, 5) is 0.0460. The summed E-state index contributed by atoms with van der Waals surface area (Å²) in [6, 6.07) is 6.27. The molecule has 5 nitrogen and oxygen atoms in total. The van der Waals surface area contributed by atoms with Crippen LogP contribution in [0.25, 0.3) is 0 Å². The number of para-hydroxylation sites is 1. The maximum atomic E-state index is 12.2. The van der Waals surface area contributed by atoms with Gasteiger partial charge in [0.1, 0.15) is 4.90 Å². The number of aliphatic hydroxyl groups excluding tert-OH is 1. The number of anilines is 1. The molecule has 1 aromatic carbocycles. The van der Waals surface area contributed by atoms with E-state index >= 15 is 0 Å². The summed E-state index contributed by atoms with van der Waals surface area (Å²) >= 11 is 0. The van der Waals surface area contributed by atoms with Crippen LogP contribution in [-0.2, 0) is 10.0 Å². The minimum absolute atomic E-state index is 0.0460. The predicted octanol–water partition coefficient (Wildman–Crippen LogP) is 1.10. The molecule has 0 atom stereocenters. The molecule has 0 unspecified atom stereocenters. The minimum Gasteiger partial charge on any atom is -0.398 e. The number of sulfonamides is 1. The van der Waals surface area contributed by atoms with Crippen LogP contribution < -0.4 is 10.5 Å². The number of hydrogen-bond donors (Lipinski definition) is 3. The number of nitrogens with two attached hydrogens (primary N) is 1. The second kappa shape index (κ2) is 5.69. The Morgan fingerprint density at radius 3 is 2.28 bits per heavy atom.